The molecule has 15 heavy (non-hydrogen) atoms. The summed E-state index contributed by atoms with van der Waals surface area (Å²) >= 11 is 0. The van der Waals surface area contributed by atoms with Crippen molar-refractivity contribution in [1.29, 1.82) is 0 Å². The highest BCUT2D eigenvalue weighted by atomic mass is 16.1. The first-order chi connectivity index (χ1) is 7.25. The van der Waals surface area contributed by atoms with Gasteiger partial charge in [0.2, 0.25) is 0 Å². The number of carbonyl (C=O) groups is 1. The Morgan fingerprint density at radius 2 is 1.80 bits per heavy atom. The fourth-order valence-corrected chi connectivity index (χ4v) is 2.33. The quantitative estimate of drug-likeness (QED) is 0.682. The van der Waals surface area contributed by atoms with Crippen molar-refractivity contribution in [3.8, 4) is 0 Å². The molecule has 1 aliphatic carbocycles. The largest absolute Gasteiger partial charge is 0.294 e. The van der Waals surface area contributed by atoms with E-state index in [9.17, 15) is 4.79 Å². The monoisotopic (exact) mass is 202 g/mol. The van der Waals surface area contributed by atoms with Crippen molar-refractivity contribution < 1.29 is 4.79 Å². The number of benzene rings is 1. The van der Waals surface area contributed by atoms with Crippen molar-refractivity contribution in [1.82, 2.24) is 0 Å². The summed E-state index contributed by atoms with van der Waals surface area (Å²) in [5.74, 6) is 0.973. The first-order valence-electron chi connectivity index (χ1n) is 5.85. The lowest BCUT2D eigenvalue weighted by atomic mass is 9.97. The van der Waals surface area contributed by atoms with E-state index < -0.39 is 0 Å². The Kier molecular flexibility index (Phi) is 3.20. The highest BCUT2D eigenvalue weighted by Crippen LogP contribution is 2.28. The first kappa shape index (κ1) is 10.4. The summed E-state index contributed by atoms with van der Waals surface area (Å²) in [5, 5.41) is 0. The minimum atomic E-state index is 0.321. The molecule has 0 N–H and O–H groups in total. The maximum absolute atomic E-state index is 11.9. The van der Waals surface area contributed by atoms with Crippen LogP contribution in [0.5, 0.6) is 0 Å². The molecule has 0 amide bonds. The summed E-state index contributed by atoms with van der Waals surface area (Å²) in [6.45, 7) is 2.05. The topological polar surface area (TPSA) is 17.1 Å². The maximum Gasteiger partial charge on any atom is 0.163 e. The second-order valence-electron chi connectivity index (χ2n) is 4.64. The maximum atomic E-state index is 11.9. The molecule has 0 bridgehead atoms. The summed E-state index contributed by atoms with van der Waals surface area (Å²) in [5.41, 5.74) is 2.10. The molecule has 1 fully saturated rings. The molecule has 0 aromatic heterocycles. The van der Waals surface area contributed by atoms with Gasteiger partial charge >= 0.3 is 0 Å². The summed E-state index contributed by atoms with van der Waals surface area (Å²) in [6, 6.07) is 7.93. The Morgan fingerprint density at radius 3 is 2.40 bits per heavy atom. The van der Waals surface area contributed by atoms with E-state index in [1.807, 2.05) is 31.2 Å². The minimum Gasteiger partial charge on any atom is -0.294 e. The van der Waals surface area contributed by atoms with E-state index in [-0.39, 0.29) is 0 Å². The van der Waals surface area contributed by atoms with Crippen LogP contribution >= 0.6 is 0 Å². The van der Waals surface area contributed by atoms with Gasteiger partial charge in [0.1, 0.15) is 0 Å². The third kappa shape index (κ3) is 2.68. The average molecular weight is 202 g/mol. The Morgan fingerprint density at radius 1 is 1.20 bits per heavy atom. The van der Waals surface area contributed by atoms with Gasteiger partial charge in [0.05, 0.1) is 0 Å². The standard InChI is InChI=1S/C14H18O/c1-11-6-8-13(9-7-11)14(15)10-12-4-2-3-5-12/h6-9,12H,2-5,10H2,1H3. The number of aryl methyl sites for hydroxylation is 1. The molecule has 0 atom stereocenters. The summed E-state index contributed by atoms with van der Waals surface area (Å²) in [6.07, 6.45) is 5.87. The molecule has 1 heteroatoms. The van der Waals surface area contributed by atoms with E-state index >= 15 is 0 Å². The fourth-order valence-electron chi connectivity index (χ4n) is 2.33. The van der Waals surface area contributed by atoms with Gasteiger partial charge in [-0.15, -0.1) is 0 Å². The SMILES string of the molecule is Cc1ccc(C(=O)CC2CCCC2)cc1. The van der Waals surface area contributed by atoms with Crippen LogP contribution in [0.25, 0.3) is 0 Å². The molecule has 1 saturated carbocycles. The number of Topliss-reactive ketones (excluding diaryl/α,β-unsaturated/α-hetero) is 1. The van der Waals surface area contributed by atoms with Crippen LogP contribution in [0.4, 0.5) is 0 Å². The molecule has 1 aromatic carbocycles. The number of hydrogen-bond donors (Lipinski definition) is 0. The molecular formula is C14H18O. The molecule has 1 nitrogen and oxygen atoms in total. The van der Waals surface area contributed by atoms with E-state index in [0.29, 0.717) is 11.7 Å². The molecule has 0 saturated heterocycles. The van der Waals surface area contributed by atoms with Gasteiger partial charge in [-0.1, -0.05) is 55.5 Å². The molecule has 1 aliphatic rings. The van der Waals surface area contributed by atoms with Crippen molar-refractivity contribution in [3.05, 3.63) is 35.4 Å². The third-order valence-electron chi connectivity index (χ3n) is 3.32. The lowest BCUT2D eigenvalue weighted by Gasteiger charge is -2.07. The van der Waals surface area contributed by atoms with E-state index in [1.165, 1.54) is 31.2 Å². The molecule has 0 spiro atoms. The molecule has 1 aromatic rings. The lowest BCUT2D eigenvalue weighted by molar-refractivity contribution is 0.0962. The van der Waals surface area contributed by atoms with Gasteiger partial charge in [0, 0.05) is 12.0 Å². The van der Waals surface area contributed by atoms with Crippen LogP contribution in [-0.4, -0.2) is 5.78 Å². The summed E-state index contributed by atoms with van der Waals surface area (Å²) in [4.78, 5) is 11.9. The van der Waals surface area contributed by atoms with Crippen LogP contribution in [0.3, 0.4) is 0 Å². The van der Waals surface area contributed by atoms with Crippen LogP contribution in [0.2, 0.25) is 0 Å². The molecule has 0 radical (unpaired) electrons. The molecular weight excluding hydrogens is 184 g/mol. The number of rotatable bonds is 3. The van der Waals surface area contributed by atoms with Gasteiger partial charge in [-0.05, 0) is 12.8 Å². The van der Waals surface area contributed by atoms with Crippen LogP contribution < -0.4 is 0 Å². The zero-order valence-corrected chi connectivity index (χ0v) is 9.33. The second kappa shape index (κ2) is 4.61. The van der Waals surface area contributed by atoms with E-state index in [1.54, 1.807) is 0 Å². The smallest absolute Gasteiger partial charge is 0.163 e. The fraction of sp³-hybridized carbons (Fsp3) is 0.500. The van der Waals surface area contributed by atoms with E-state index in [0.717, 1.165) is 12.0 Å². The van der Waals surface area contributed by atoms with Crippen LogP contribution in [0.1, 0.15) is 48.0 Å². The van der Waals surface area contributed by atoms with Gasteiger partial charge in [0.25, 0.3) is 0 Å². The normalized spacial score (nSPS) is 16.9. The number of carbonyl (C=O) groups excluding carboxylic acids is 1. The van der Waals surface area contributed by atoms with Gasteiger partial charge in [-0.3, -0.25) is 4.79 Å². The number of ketones is 1. The van der Waals surface area contributed by atoms with Gasteiger partial charge in [-0.2, -0.15) is 0 Å². The summed E-state index contributed by atoms with van der Waals surface area (Å²) < 4.78 is 0. The van der Waals surface area contributed by atoms with Crippen LogP contribution in [0.15, 0.2) is 24.3 Å². The number of hydrogen-bond acceptors (Lipinski definition) is 1. The van der Waals surface area contributed by atoms with Crippen molar-refractivity contribution >= 4 is 5.78 Å². The zero-order chi connectivity index (χ0) is 10.7. The Bertz CT molecular complexity index is 331. The lowest BCUT2D eigenvalue weighted by Crippen LogP contribution is -2.05. The average Bonchev–Trinajstić information content (AvgIpc) is 2.71. The van der Waals surface area contributed by atoms with E-state index in [2.05, 4.69) is 0 Å². The van der Waals surface area contributed by atoms with E-state index in [4.69, 9.17) is 0 Å². The van der Waals surface area contributed by atoms with Crippen LogP contribution in [-0.2, 0) is 0 Å². The zero-order valence-electron chi connectivity index (χ0n) is 9.33. The minimum absolute atomic E-state index is 0.321. The molecule has 0 heterocycles. The molecule has 0 aliphatic heterocycles. The second-order valence-corrected chi connectivity index (χ2v) is 4.64. The Hall–Kier alpha value is -1.11. The molecule has 80 valence electrons. The predicted molar refractivity (Wildman–Crippen MR) is 62.1 cm³/mol. The van der Waals surface area contributed by atoms with Crippen molar-refractivity contribution in [2.24, 2.45) is 5.92 Å². The molecule has 2 rings (SSSR count). The predicted octanol–water partition coefficient (Wildman–Crippen LogP) is 3.76. The Labute approximate surface area is 91.5 Å². The van der Waals surface area contributed by atoms with Gasteiger partial charge in [0.15, 0.2) is 5.78 Å². The van der Waals surface area contributed by atoms with Gasteiger partial charge in [-0.25, -0.2) is 0 Å². The van der Waals surface area contributed by atoms with Crippen molar-refractivity contribution in [3.63, 3.8) is 0 Å². The third-order valence-corrected chi connectivity index (χ3v) is 3.32. The van der Waals surface area contributed by atoms with Gasteiger partial charge < -0.3 is 0 Å². The molecule has 0 unspecified atom stereocenters. The van der Waals surface area contributed by atoms with Crippen molar-refractivity contribution in [2.45, 2.75) is 39.0 Å². The summed E-state index contributed by atoms with van der Waals surface area (Å²) in [7, 11) is 0. The van der Waals surface area contributed by atoms with Crippen molar-refractivity contribution in [2.75, 3.05) is 0 Å². The highest BCUT2D eigenvalue weighted by Gasteiger charge is 2.18. The first-order valence-corrected chi connectivity index (χ1v) is 5.85. The Balaban J connectivity index is 1.98. The van der Waals surface area contributed by atoms with Crippen LogP contribution in [0, 0.1) is 12.8 Å². The highest BCUT2D eigenvalue weighted by molar-refractivity contribution is 5.96.